The molecule has 2 heterocycles. The Kier molecular flexibility index (Phi) is 7.67. The SMILES string of the molecule is Cc1ccc(-c2csc3ncn(CCC(=O)NCCNC(=O)Cc4ccc(F)cc4)c(=O)c23)cc1. The zero-order valence-electron chi connectivity index (χ0n) is 19.2. The van der Waals surface area contributed by atoms with Crippen LogP contribution in [0.4, 0.5) is 4.39 Å². The number of hydrogen-bond acceptors (Lipinski definition) is 5. The maximum absolute atomic E-state index is 13.1. The third kappa shape index (κ3) is 6.19. The Hall–Kier alpha value is -3.85. The van der Waals surface area contributed by atoms with Crippen LogP contribution in [0, 0.1) is 12.7 Å². The minimum atomic E-state index is -0.350. The van der Waals surface area contributed by atoms with E-state index in [1.807, 2.05) is 36.6 Å². The number of nitrogens with zero attached hydrogens (tertiary/aromatic N) is 2. The zero-order valence-corrected chi connectivity index (χ0v) is 20.0. The van der Waals surface area contributed by atoms with Crippen molar-refractivity contribution in [2.45, 2.75) is 26.3 Å². The molecule has 0 saturated heterocycles. The van der Waals surface area contributed by atoms with Gasteiger partial charge in [0.1, 0.15) is 10.6 Å². The van der Waals surface area contributed by atoms with Crippen LogP contribution in [-0.2, 0) is 22.6 Å². The van der Waals surface area contributed by atoms with E-state index in [9.17, 15) is 18.8 Å². The fourth-order valence-electron chi connectivity index (χ4n) is 3.64. The summed E-state index contributed by atoms with van der Waals surface area (Å²) in [6.45, 7) is 2.75. The van der Waals surface area contributed by atoms with E-state index in [-0.39, 0.29) is 55.7 Å². The molecule has 0 saturated carbocycles. The van der Waals surface area contributed by atoms with Crippen LogP contribution in [0.15, 0.2) is 65.0 Å². The van der Waals surface area contributed by atoms with Gasteiger partial charge in [-0.25, -0.2) is 9.37 Å². The van der Waals surface area contributed by atoms with E-state index in [0.29, 0.717) is 15.8 Å². The molecule has 0 radical (unpaired) electrons. The molecule has 0 aliphatic rings. The van der Waals surface area contributed by atoms with Crippen LogP contribution in [-0.4, -0.2) is 34.5 Å². The summed E-state index contributed by atoms with van der Waals surface area (Å²) in [5.41, 5.74) is 3.48. The molecule has 35 heavy (non-hydrogen) atoms. The van der Waals surface area contributed by atoms with Gasteiger partial charge in [-0.05, 0) is 30.2 Å². The number of carbonyl (C=O) groups is 2. The van der Waals surface area contributed by atoms with Crippen molar-refractivity contribution in [3.63, 3.8) is 0 Å². The van der Waals surface area contributed by atoms with Crippen molar-refractivity contribution in [1.82, 2.24) is 20.2 Å². The van der Waals surface area contributed by atoms with E-state index in [1.165, 1.54) is 34.4 Å². The van der Waals surface area contributed by atoms with Gasteiger partial charge in [0.15, 0.2) is 0 Å². The lowest BCUT2D eigenvalue weighted by atomic mass is 10.1. The molecule has 2 aromatic heterocycles. The number of nitrogens with one attached hydrogen (secondary N) is 2. The Morgan fingerprint density at radius 1 is 1.00 bits per heavy atom. The van der Waals surface area contributed by atoms with E-state index in [2.05, 4.69) is 15.6 Å². The number of carbonyl (C=O) groups excluding carboxylic acids is 2. The highest BCUT2D eigenvalue weighted by atomic mass is 32.1. The number of aromatic nitrogens is 2. The van der Waals surface area contributed by atoms with Gasteiger partial charge in [0.05, 0.1) is 18.1 Å². The number of benzene rings is 2. The zero-order chi connectivity index (χ0) is 24.8. The first-order valence-corrected chi connectivity index (χ1v) is 12.1. The third-order valence-electron chi connectivity index (χ3n) is 5.55. The number of rotatable bonds is 9. The van der Waals surface area contributed by atoms with Crippen molar-refractivity contribution in [2.75, 3.05) is 13.1 Å². The molecular formula is C26H25FN4O3S. The number of halogens is 1. The molecule has 0 bridgehead atoms. The van der Waals surface area contributed by atoms with E-state index >= 15 is 0 Å². The van der Waals surface area contributed by atoms with Gasteiger partial charge in [0.25, 0.3) is 5.56 Å². The summed E-state index contributed by atoms with van der Waals surface area (Å²) in [7, 11) is 0. The fraction of sp³-hybridized carbons (Fsp3) is 0.231. The number of fused-ring (bicyclic) bond motifs is 1. The number of thiophene rings is 1. The number of aryl methyl sites for hydroxylation is 2. The van der Waals surface area contributed by atoms with Gasteiger partial charge in [0, 0.05) is 37.0 Å². The smallest absolute Gasteiger partial charge is 0.262 e. The van der Waals surface area contributed by atoms with Crippen LogP contribution >= 0.6 is 11.3 Å². The Labute approximate surface area is 205 Å². The first-order valence-electron chi connectivity index (χ1n) is 11.2. The molecule has 7 nitrogen and oxygen atoms in total. The van der Waals surface area contributed by atoms with Crippen LogP contribution in [0.5, 0.6) is 0 Å². The Morgan fingerprint density at radius 2 is 1.69 bits per heavy atom. The molecular weight excluding hydrogens is 467 g/mol. The highest BCUT2D eigenvalue weighted by molar-refractivity contribution is 7.17. The molecule has 0 atom stereocenters. The molecule has 4 aromatic rings. The summed E-state index contributed by atoms with van der Waals surface area (Å²) in [5, 5.41) is 7.95. The lowest BCUT2D eigenvalue weighted by molar-refractivity contribution is -0.122. The van der Waals surface area contributed by atoms with Crippen LogP contribution < -0.4 is 16.2 Å². The van der Waals surface area contributed by atoms with Crippen molar-refractivity contribution < 1.29 is 14.0 Å². The Bertz CT molecular complexity index is 1400. The van der Waals surface area contributed by atoms with E-state index in [4.69, 9.17) is 0 Å². The predicted octanol–water partition coefficient (Wildman–Crippen LogP) is 3.44. The monoisotopic (exact) mass is 492 g/mol. The minimum Gasteiger partial charge on any atom is -0.354 e. The molecule has 180 valence electrons. The molecule has 2 N–H and O–H groups in total. The van der Waals surface area contributed by atoms with E-state index in [0.717, 1.165) is 16.7 Å². The summed E-state index contributed by atoms with van der Waals surface area (Å²) >= 11 is 1.42. The van der Waals surface area contributed by atoms with E-state index in [1.54, 1.807) is 12.1 Å². The van der Waals surface area contributed by atoms with Crippen LogP contribution in [0.25, 0.3) is 21.3 Å². The second-order valence-electron chi connectivity index (χ2n) is 8.19. The second-order valence-corrected chi connectivity index (χ2v) is 9.05. The van der Waals surface area contributed by atoms with Crippen LogP contribution in [0.3, 0.4) is 0 Å². The first kappa shape index (κ1) is 24.3. The highest BCUT2D eigenvalue weighted by Gasteiger charge is 2.14. The topological polar surface area (TPSA) is 93.1 Å². The normalized spacial score (nSPS) is 10.9. The molecule has 4 rings (SSSR count). The summed E-state index contributed by atoms with van der Waals surface area (Å²) in [4.78, 5) is 42.4. The standard InChI is InChI=1S/C26H25FN4O3S/c1-17-2-6-19(7-3-17)21-15-35-25-24(21)26(34)31(16-30-25)13-10-22(32)28-11-12-29-23(33)14-18-4-8-20(27)9-5-18/h2-9,15-16H,10-14H2,1H3,(H,28,32)(H,29,33). The molecule has 0 aliphatic carbocycles. The average molecular weight is 493 g/mol. The molecule has 0 spiro atoms. The number of amides is 2. The van der Waals surface area contributed by atoms with Gasteiger partial charge >= 0.3 is 0 Å². The summed E-state index contributed by atoms with van der Waals surface area (Å²) in [6, 6.07) is 13.7. The van der Waals surface area contributed by atoms with Gasteiger partial charge in [0.2, 0.25) is 11.8 Å². The Morgan fingerprint density at radius 3 is 2.40 bits per heavy atom. The molecule has 0 unspecified atom stereocenters. The van der Waals surface area contributed by atoms with Gasteiger partial charge in [-0.3, -0.25) is 19.0 Å². The van der Waals surface area contributed by atoms with Crippen molar-refractivity contribution in [3.8, 4) is 11.1 Å². The lowest BCUT2D eigenvalue weighted by Gasteiger charge is -2.09. The summed E-state index contributed by atoms with van der Waals surface area (Å²) in [6.07, 6.45) is 1.73. The van der Waals surface area contributed by atoms with E-state index < -0.39 is 0 Å². The maximum atomic E-state index is 13.1. The van der Waals surface area contributed by atoms with Crippen molar-refractivity contribution in [3.05, 3.63) is 87.5 Å². The van der Waals surface area contributed by atoms with Crippen molar-refractivity contribution in [1.29, 1.82) is 0 Å². The van der Waals surface area contributed by atoms with Gasteiger partial charge < -0.3 is 10.6 Å². The Balaban J connectivity index is 1.28. The first-order chi connectivity index (χ1) is 16.9. The third-order valence-corrected chi connectivity index (χ3v) is 6.44. The molecule has 0 aliphatic heterocycles. The van der Waals surface area contributed by atoms with Crippen molar-refractivity contribution >= 4 is 33.4 Å². The fourth-order valence-corrected chi connectivity index (χ4v) is 4.54. The molecule has 9 heteroatoms. The quantitative estimate of drug-likeness (QED) is 0.350. The molecule has 2 amide bonds. The summed E-state index contributed by atoms with van der Waals surface area (Å²) < 4.78 is 14.4. The van der Waals surface area contributed by atoms with Crippen LogP contribution in [0.2, 0.25) is 0 Å². The van der Waals surface area contributed by atoms with Gasteiger partial charge in [-0.15, -0.1) is 11.3 Å². The largest absolute Gasteiger partial charge is 0.354 e. The van der Waals surface area contributed by atoms with Gasteiger partial charge in [-0.2, -0.15) is 0 Å². The minimum absolute atomic E-state index is 0.112. The lowest BCUT2D eigenvalue weighted by Crippen LogP contribution is -2.36. The number of hydrogen-bond donors (Lipinski definition) is 2. The maximum Gasteiger partial charge on any atom is 0.262 e. The highest BCUT2D eigenvalue weighted by Crippen LogP contribution is 2.30. The molecule has 0 fully saturated rings. The second kappa shape index (κ2) is 11.1. The van der Waals surface area contributed by atoms with Gasteiger partial charge in [-0.1, -0.05) is 42.0 Å². The summed E-state index contributed by atoms with van der Waals surface area (Å²) in [5.74, 6) is -0.789. The van der Waals surface area contributed by atoms with Crippen LogP contribution in [0.1, 0.15) is 17.5 Å². The van der Waals surface area contributed by atoms with Crippen molar-refractivity contribution in [2.24, 2.45) is 0 Å². The molecule has 2 aromatic carbocycles. The predicted molar refractivity (Wildman–Crippen MR) is 135 cm³/mol. The average Bonchev–Trinajstić information content (AvgIpc) is 3.28.